The second kappa shape index (κ2) is 7.09. The van der Waals surface area contributed by atoms with Crippen LogP contribution >= 0.6 is 0 Å². The number of nitrogens with zero attached hydrogens (tertiary/aromatic N) is 2. The normalized spacial score (nSPS) is 17.9. The van der Waals surface area contributed by atoms with Crippen LogP contribution in [0.25, 0.3) is 0 Å². The summed E-state index contributed by atoms with van der Waals surface area (Å²) in [5.74, 6) is 0.723. The molecule has 20 heavy (non-hydrogen) atoms. The molecule has 1 N–H and O–H groups in total. The quantitative estimate of drug-likeness (QED) is 0.825. The molecule has 1 aliphatic heterocycles. The molecule has 0 amide bonds. The van der Waals surface area contributed by atoms with Gasteiger partial charge in [-0.3, -0.25) is 4.90 Å². The lowest BCUT2D eigenvalue weighted by Crippen LogP contribution is -2.41. The van der Waals surface area contributed by atoms with Crippen LogP contribution in [0, 0.1) is 5.92 Å². The van der Waals surface area contributed by atoms with Gasteiger partial charge in [0, 0.05) is 37.9 Å². The van der Waals surface area contributed by atoms with Crippen molar-refractivity contribution in [2.24, 2.45) is 5.92 Å². The minimum absolute atomic E-state index is 0.563. The van der Waals surface area contributed by atoms with Gasteiger partial charge < -0.3 is 10.2 Å². The molecule has 0 saturated heterocycles. The van der Waals surface area contributed by atoms with Gasteiger partial charge in [0.2, 0.25) is 0 Å². The van der Waals surface area contributed by atoms with Gasteiger partial charge in [-0.2, -0.15) is 0 Å². The zero-order chi connectivity index (χ0) is 14.5. The Morgan fingerprint density at radius 2 is 1.95 bits per heavy atom. The maximum atomic E-state index is 3.67. The first-order valence-corrected chi connectivity index (χ1v) is 7.76. The van der Waals surface area contributed by atoms with Crippen LogP contribution in [0.1, 0.15) is 19.4 Å². The number of rotatable bonds is 7. The van der Waals surface area contributed by atoms with Crippen molar-refractivity contribution in [2.75, 3.05) is 45.6 Å². The summed E-state index contributed by atoms with van der Waals surface area (Å²) >= 11 is 0. The third kappa shape index (κ3) is 4.50. The second-order valence-corrected chi connectivity index (χ2v) is 6.66. The molecule has 3 nitrogen and oxygen atoms in total. The molecule has 1 heterocycles. The third-order valence-electron chi connectivity index (χ3n) is 3.81. The van der Waals surface area contributed by atoms with E-state index in [0.717, 1.165) is 32.0 Å². The predicted molar refractivity (Wildman–Crippen MR) is 87.4 cm³/mol. The van der Waals surface area contributed by atoms with Crippen molar-refractivity contribution >= 4 is 5.69 Å². The number of likely N-dealkylation sites (N-methyl/N-ethyl adjacent to an activating group) is 1. The molecular weight excluding hydrogens is 246 g/mol. The standard InChI is InChI=1S/C17H29N3/c1-14(2)12-20(10-9-19(3)4)13-16-11-15-7-5-6-8-17(15)18-16/h5-8,14,16,18H,9-13H2,1-4H3. The highest BCUT2D eigenvalue weighted by Gasteiger charge is 2.22. The number of hydrogen-bond acceptors (Lipinski definition) is 3. The number of para-hydroxylation sites is 1. The van der Waals surface area contributed by atoms with E-state index in [1.54, 1.807) is 0 Å². The number of benzene rings is 1. The summed E-state index contributed by atoms with van der Waals surface area (Å²) in [5, 5.41) is 3.67. The van der Waals surface area contributed by atoms with Crippen LogP contribution in [0.3, 0.4) is 0 Å². The van der Waals surface area contributed by atoms with Crippen LogP contribution in [-0.2, 0) is 6.42 Å². The summed E-state index contributed by atoms with van der Waals surface area (Å²) in [6.07, 6.45) is 1.16. The van der Waals surface area contributed by atoms with Gasteiger partial charge in [0.25, 0.3) is 0 Å². The largest absolute Gasteiger partial charge is 0.380 e. The molecule has 1 atom stereocenters. The van der Waals surface area contributed by atoms with Crippen LogP contribution in [0.4, 0.5) is 5.69 Å². The van der Waals surface area contributed by atoms with Crippen molar-refractivity contribution in [1.82, 2.24) is 9.80 Å². The highest BCUT2D eigenvalue weighted by Crippen LogP contribution is 2.25. The number of fused-ring (bicyclic) bond motifs is 1. The van der Waals surface area contributed by atoms with Gasteiger partial charge in [0.05, 0.1) is 0 Å². The van der Waals surface area contributed by atoms with E-state index in [9.17, 15) is 0 Å². The molecule has 1 aromatic rings. The molecule has 1 aliphatic rings. The van der Waals surface area contributed by atoms with E-state index < -0.39 is 0 Å². The Hall–Kier alpha value is -1.06. The van der Waals surface area contributed by atoms with Gasteiger partial charge in [-0.25, -0.2) is 0 Å². The average Bonchev–Trinajstić information content (AvgIpc) is 2.77. The van der Waals surface area contributed by atoms with Crippen molar-refractivity contribution in [3.05, 3.63) is 29.8 Å². The van der Waals surface area contributed by atoms with Crippen LogP contribution in [-0.4, -0.2) is 56.1 Å². The van der Waals surface area contributed by atoms with Gasteiger partial charge in [-0.15, -0.1) is 0 Å². The molecule has 0 aliphatic carbocycles. The third-order valence-corrected chi connectivity index (χ3v) is 3.81. The Kier molecular flexibility index (Phi) is 5.44. The van der Waals surface area contributed by atoms with Crippen LogP contribution < -0.4 is 5.32 Å². The van der Waals surface area contributed by atoms with E-state index in [1.807, 2.05) is 0 Å². The minimum atomic E-state index is 0.563. The van der Waals surface area contributed by atoms with E-state index in [4.69, 9.17) is 0 Å². The number of nitrogens with one attached hydrogen (secondary N) is 1. The summed E-state index contributed by atoms with van der Waals surface area (Å²) in [6, 6.07) is 9.26. The van der Waals surface area contributed by atoms with Gasteiger partial charge in [-0.05, 0) is 38.1 Å². The second-order valence-electron chi connectivity index (χ2n) is 6.66. The van der Waals surface area contributed by atoms with Crippen molar-refractivity contribution in [3.63, 3.8) is 0 Å². The molecular formula is C17H29N3. The summed E-state index contributed by atoms with van der Waals surface area (Å²) in [5.41, 5.74) is 2.80. The molecule has 3 heteroatoms. The molecule has 0 aromatic heterocycles. The van der Waals surface area contributed by atoms with E-state index in [1.165, 1.54) is 17.8 Å². The Labute approximate surface area is 124 Å². The predicted octanol–water partition coefficient (Wildman–Crippen LogP) is 2.54. The van der Waals surface area contributed by atoms with Crippen molar-refractivity contribution in [1.29, 1.82) is 0 Å². The van der Waals surface area contributed by atoms with E-state index in [-0.39, 0.29) is 0 Å². The first-order chi connectivity index (χ1) is 9.54. The SMILES string of the molecule is CC(C)CN(CCN(C)C)CC1Cc2ccccc2N1. The maximum Gasteiger partial charge on any atom is 0.0429 e. The Morgan fingerprint density at radius 1 is 1.20 bits per heavy atom. The Morgan fingerprint density at radius 3 is 2.60 bits per heavy atom. The lowest BCUT2D eigenvalue weighted by Gasteiger charge is -2.28. The molecule has 0 bridgehead atoms. The van der Waals surface area contributed by atoms with E-state index in [2.05, 4.69) is 67.3 Å². The average molecular weight is 275 g/mol. The monoisotopic (exact) mass is 275 g/mol. The van der Waals surface area contributed by atoms with Crippen molar-refractivity contribution in [2.45, 2.75) is 26.3 Å². The fourth-order valence-electron chi connectivity index (χ4n) is 2.91. The molecule has 2 rings (SSSR count). The summed E-state index contributed by atoms with van der Waals surface area (Å²) in [7, 11) is 4.30. The maximum absolute atomic E-state index is 3.67. The molecule has 1 aromatic carbocycles. The summed E-state index contributed by atoms with van der Waals surface area (Å²) < 4.78 is 0. The lowest BCUT2D eigenvalue weighted by molar-refractivity contribution is 0.212. The van der Waals surface area contributed by atoms with Gasteiger partial charge in [0.15, 0.2) is 0 Å². The highest BCUT2D eigenvalue weighted by molar-refractivity contribution is 5.56. The Balaban J connectivity index is 1.88. The van der Waals surface area contributed by atoms with E-state index >= 15 is 0 Å². The zero-order valence-corrected chi connectivity index (χ0v) is 13.4. The number of hydrogen-bond donors (Lipinski definition) is 1. The number of anilines is 1. The van der Waals surface area contributed by atoms with Crippen LogP contribution in [0.15, 0.2) is 24.3 Å². The van der Waals surface area contributed by atoms with E-state index in [0.29, 0.717) is 6.04 Å². The van der Waals surface area contributed by atoms with Crippen LogP contribution in [0.5, 0.6) is 0 Å². The van der Waals surface area contributed by atoms with Gasteiger partial charge in [-0.1, -0.05) is 32.0 Å². The smallest absolute Gasteiger partial charge is 0.0429 e. The van der Waals surface area contributed by atoms with Crippen molar-refractivity contribution < 1.29 is 0 Å². The topological polar surface area (TPSA) is 18.5 Å². The van der Waals surface area contributed by atoms with Crippen molar-refractivity contribution in [3.8, 4) is 0 Å². The highest BCUT2D eigenvalue weighted by atomic mass is 15.2. The molecule has 0 spiro atoms. The molecule has 1 unspecified atom stereocenters. The minimum Gasteiger partial charge on any atom is -0.380 e. The van der Waals surface area contributed by atoms with Gasteiger partial charge in [0.1, 0.15) is 0 Å². The fraction of sp³-hybridized carbons (Fsp3) is 0.647. The molecule has 112 valence electrons. The lowest BCUT2D eigenvalue weighted by atomic mass is 10.1. The molecule has 0 radical (unpaired) electrons. The molecule has 0 fully saturated rings. The Bertz CT molecular complexity index is 389. The fourth-order valence-corrected chi connectivity index (χ4v) is 2.91. The van der Waals surface area contributed by atoms with Crippen LogP contribution in [0.2, 0.25) is 0 Å². The van der Waals surface area contributed by atoms with Gasteiger partial charge >= 0.3 is 0 Å². The first kappa shape index (κ1) is 15.3. The summed E-state index contributed by atoms with van der Waals surface area (Å²) in [6.45, 7) is 9.22. The zero-order valence-electron chi connectivity index (χ0n) is 13.4. The first-order valence-electron chi connectivity index (χ1n) is 7.76. The summed E-state index contributed by atoms with van der Waals surface area (Å²) in [4.78, 5) is 4.87. The molecule has 0 saturated carbocycles.